The van der Waals surface area contributed by atoms with Crippen molar-refractivity contribution < 1.29 is 0 Å². The van der Waals surface area contributed by atoms with Crippen LogP contribution in [0.4, 0.5) is 0 Å². The van der Waals surface area contributed by atoms with Crippen LogP contribution >= 0.6 is 23.4 Å². The van der Waals surface area contributed by atoms with Gasteiger partial charge >= 0.3 is 5.69 Å². The molecule has 0 unspecified atom stereocenters. The predicted molar refractivity (Wildman–Crippen MR) is 59.8 cm³/mol. The Hall–Kier alpha value is -1.27. The minimum Gasteiger partial charge on any atom is -0.291 e. The second-order valence-corrected chi connectivity index (χ2v) is 3.99. The number of thioether (sulfide) groups is 1. The third-order valence-corrected chi connectivity index (χ3v) is 2.94. The summed E-state index contributed by atoms with van der Waals surface area (Å²) in [4.78, 5) is 31.0. The molecular formula is C8H6ClN3O2S. The van der Waals surface area contributed by atoms with E-state index >= 15 is 0 Å². The number of nitrogens with one attached hydrogen (secondary N) is 2. The average Bonchev–Trinajstić information content (AvgIpc) is 2.18. The number of H-pyrrole nitrogens is 2. The maximum absolute atomic E-state index is 11.4. The molecule has 0 saturated carbocycles. The van der Waals surface area contributed by atoms with Crippen molar-refractivity contribution in [2.75, 3.05) is 6.26 Å². The molecule has 2 N–H and O–H groups in total. The molecule has 7 heteroatoms. The molecular weight excluding hydrogens is 238 g/mol. The van der Waals surface area contributed by atoms with Crippen LogP contribution in [0.5, 0.6) is 0 Å². The molecule has 2 heterocycles. The number of rotatable bonds is 1. The molecule has 0 atom stereocenters. The standard InChI is InChI=1S/C8H6ClN3O2S/c1-15-7-4(9)2-3-5(10-7)11-8(14)12-6(3)13/h2H,1H3,(H2,10,11,12,13,14). The van der Waals surface area contributed by atoms with Crippen LogP contribution in [0.1, 0.15) is 0 Å². The summed E-state index contributed by atoms with van der Waals surface area (Å²) in [5, 5.41) is 1.25. The van der Waals surface area contributed by atoms with E-state index < -0.39 is 11.2 Å². The molecule has 0 saturated heterocycles. The average molecular weight is 244 g/mol. The van der Waals surface area contributed by atoms with Gasteiger partial charge in [0.05, 0.1) is 10.4 Å². The van der Waals surface area contributed by atoms with Crippen LogP contribution < -0.4 is 11.2 Å². The van der Waals surface area contributed by atoms with E-state index in [0.717, 1.165) is 0 Å². The van der Waals surface area contributed by atoms with E-state index in [1.54, 1.807) is 0 Å². The smallest absolute Gasteiger partial charge is 0.291 e. The van der Waals surface area contributed by atoms with E-state index in [9.17, 15) is 9.59 Å². The van der Waals surface area contributed by atoms with Crippen molar-refractivity contribution in [1.29, 1.82) is 0 Å². The Morgan fingerprint density at radius 2 is 2.13 bits per heavy atom. The third-order valence-electron chi connectivity index (χ3n) is 1.84. The first-order chi connectivity index (χ1) is 7.11. The summed E-state index contributed by atoms with van der Waals surface area (Å²) in [7, 11) is 0. The molecule has 15 heavy (non-hydrogen) atoms. The maximum atomic E-state index is 11.4. The minimum absolute atomic E-state index is 0.248. The van der Waals surface area contributed by atoms with Crippen molar-refractivity contribution in [3.63, 3.8) is 0 Å². The summed E-state index contributed by atoms with van der Waals surface area (Å²) >= 11 is 7.23. The summed E-state index contributed by atoms with van der Waals surface area (Å²) in [6, 6.07) is 1.49. The highest BCUT2D eigenvalue weighted by atomic mass is 35.5. The number of fused-ring (bicyclic) bond motifs is 1. The van der Waals surface area contributed by atoms with Crippen molar-refractivity contribution in [3.05, 3.63) is 31.9 Å². The van der Waals surface area contributed by atoms with Crippen molar-refractivity contribution in [2.24, 2.45) is 0 Å². The maximum Gasteiger partial charge on any atom is 0.327 e. The molecule has 0 aromatic carbocycles. The van der Waals surface area contributed by atoms with Gasteiger partial charge in [0, 0.05) is 0 Å². The largest absolute Gasteiger partial charge is 0.327 e. The molecule has 0 bridgehead atoms. The van der Waals surface area contributed by atoms with Crippen LogP contribution in [0.15, 0.2) is 20.7 Å². The van der Waals surface area contributed by atoms with E-state index in [1.165, 1.54) is 17.8 Å². The highest BCUT2D eigenvalue weighted by Crippen LogP contribution is 2.24. The lowest BCUT2D eigenvalue weighted by Crippen LogP contribution is -2.22. The summed E-state index contributed by atoms with van der Waals surface area (Å²) < 4.78 is 0. The first kappa shape index (κ1) is 10.3. The minimum atomic E-state index is -0.575. The number of nitrogens with zero attached hydrogens (tertiary/aromatic N) is 1. The molecule has 0 aliphatic carbocycles. The van der Waals surface area contributed by atoms with Gasteiger partial charge in [0.25, 0.3) is 5.56 Å². The van der Waals surface area contributed by atoms with Crippen molar-refractivity contribution in [2.45, 2.75) is 5.03 Å². The second-order valence-electron chi connectivity index (χ2n) is 2.78. The second kappa shape index (κ2) is 3.71. The van der Waals surface area contributed by atoms with Crippen LogP contribution in [0.3, 0.4) is 0 Å². The van der Waals surface area contributed by atoms with Crippen LogP contribution in [-0.2, 0) is 0 Å². The molecule has 2 rings (SSSR count). The molecule has 0 fully saturated rings. The van der Waals surface area contributed by atoms with Gasteiger partial charge in [-0.2, -0.15) is 0 Å². The number of hydrogen-bond donors (Lipinski definition) is 2. The Balaban J connectivity index is 2.93. The Labute approximate surface area is 92.9 Å². The van der Waals surface area contributed by atoms with Gasteiger partial charge in [-0.05, 0) is 12.3 Å². The zero-order chi connectivity index (χ0) is 11.0. The molecule has 2 aromatic rings. The van der Waals surface area contributed by atoms with Crippen LogP contribution in [0.2, 0.25) is 5.02 Å². The zero-order valence-corrected chi connectivity index (χ0v) is 9.20. The number of aromatic amines is 2. The lowest BCUT2D eigenvalue weighted by atomic mass is 10.3. The molecule has 5 nitrogen and oxygen atoms in total. The molecule has 0 aliphatic heterocycles. The lowest BCUT2D eigenvalue weighted by molar-refractivity contribution is 1.04. The summed E-state index contributed by atoms with van der Waals surface area (Å²) in [6.07, 6.45) is 1.81. The predicted octanol–water partition coefficient (Wildman–Crippen LogP) is 0.987. The SMILES string of the molecule is CSc1nc2[nH]c(=O)[nH]c(=O)c2cc1Cl. The summed E-state index contributed by atoms with van der Waals surface area (Å²) in [5.74, 6) is 0. The van der Waals surface area contributed by atoms with Crippen LogP contribution in [0.25, 0.3) is 11.0 Å². The molecule has 2 aromatic heterocycles. The highest BCUT2D eigenvalue weighted by molar-refractivity contribution is 7.98. The monoisotopic (exact) mass is 243 g/mol. The summed E-state index contributed by atoms with van der Waals surface area (Å²) in [6.45, 7) is 0. The van der Waals surface area contributed by atoms with E-state index in [0.29, 0.717) is 10.0 Å². The number of hydrogen-bond acceptors (Lipinski definition) is 4. The summed E-state index contributed by atoms with van der Waals surface area (Å²) in [5.41, 5.74) is -0.817. The van der Waals surface area contributed by atoms with Crippen LogP contribution in [-0.4, -0.2) is 21.2 Å². The number of aromatic nitrogens is 3. The van der Waals surface area contributed by atoms with Crippen LogP contribution in [0, 0.1) is 0 Å². The number of halogens is 1. The Kier molecular flexibility index (Phi) is 2.54. The van der Waals surface area contributed by atoms with Crippen molar-refractivity contribution in [3.8, 4) is 0 Å². The fourth-order valence-electron chi connectivity index (χ4n) is 1.19. The highest BCUT2D eigenvalue weighted by Gasteiger charge is 2.07. The Morgan fingerprint density at radius 1 is 1.40 bits per heavy atom. The third kappa shape index (κ3) is 1.78. The van der Waals surface area contributed by atoms with E-state index in [4.69, 9.17) is 11.6 Å². The first-order valence-electron chi connectivity index (χ1n) is 3.98. The molecule has 0 aliphatic rings. The van der Waals surface area contributed by atoms with Gasteiger partial charge in [-0.25, -0.2) is 9.78 Å². The topological polar surface area (TPSA) is 78.6 Å². The fourth-order valence-corrected chi connectivity index (χ4v) is 2.01. The Morgan fingerprint density at radius 3 is 2.80 bits per heavy atom. The zero-order valence-electron chi connectivity index (χ0n) is 7.63. The quantitative estimate of drug-likeness (QED) is 0.732. The van der Waals surface area contributed by atoms with E-state index in [1.807, 2.05) is 6.26 Å². The van der Waals surface area contributed by atoms with Gasteiger partial charge in [-0.1, -0.05) is 11.6 Å². The van der Waals surface area contributed by atoms with Gasteiger partial charge in [0.1, 0.15) is 10.7 Å². The van der Waals surface area contributed by atoms with E-state index in [-0.39, 0.29) is 11.0 Å². The molecule has 0 radical (unpaired) electrons. The Bertz CT molecular complexity index is 634. The molecule has 0 spiro atoms. The molecule has 0 amide bonds. The lowest BCUT2D eigenvalue weighted by Gasteiger charge is -2.01. The normalized spacial score (nSPS) is 10.8. The van der Waals surface area contributed by atoms with Gasteiger partial charge in [-0.15, -0.1) is 11.8 Å². The van der Waals surface area contributed by atoms with Gasteiger partial charge in [0.15, 0.2) is 0 Å². The van der Waals surface area contributed by atoms with E-state index in [2.05, 4.69) is 15.0 Å². The number of pyridine rings is 1. The van der Waals surface area contributed by atoms with Gasteiger partial charge < -0.3 is 0 Å². The molecule has 78 valence electrons. The van der Waals surface area contributed by atoms with Crippen molar-refractivity contribution >= 4 is 34.4 Å². The fraction of sp³-hybridized carbons (Fsp3) is 0.125. The van der Waals surface area contributed by atoms with Gasteiger partial charge in [-0.3, -0.25) is 14.8 Å². The van der Waals surface area contributed by atoms with Gasteiger partial charge in [0.2, 0.25) is 0 Å². The first-order valence-corrected chi connectivity index (χ1v) is 5.59. The van der Waals surface area contributed by atoms with Crippen molar-refractivity contribution in [1.82, 2.24) is 15.0 Å².